The van der Waals surface area contributed by atoms with Gasteiger partial charge in [0.15, 0.2) is 5.75 Å². The summed E-state index contributed by atoms with van der Waals surface area (Å²) in [5.74, 6) is -0.107. The molecule has 1 aliphatic carbocycles. The van der Waals surface area contributed by atoms with E-state index in [1.807, 2.05) is 6.92 Å². The third kappa shape index (κ3) is 3.98. The lowest BCUT2D eigenvalue weighted by atomic mass is 9.74. The summed E-state index contributed by atoms with van der Waals surface area (Å²) in [5.41, 5.74) is 6.28. The zero-order valence-corrected chi connectivity index (χ0v) is 13.5. The molecule has 0 radical (unpaired) electrons. The molecule has 3 N–H and O–H groups in total. The fraction of sp³-hybridized carbons (Fsp3) is 0.562. The van der Waals surface area contributed by atoms with Gasteiger partial charge in [-0.2, -0.15) is 0 Å². The number of nitrogens with zero attached hydrogens (tertiary/aromatic N) is 1. The number of nitrogens with one attached hydrogen (secondary N) is 1. The van der Waals surface area contributed by atoms with Crippen LogP contribution in [0.15, 0.2) is 18.2 Å². The molecule has 2 rings (SSSR count). The molecular formula is C16H23N3O4. The highest BCUT2D eigenvalue weighted by Crippen LogP contribution is 2.32. The second-order valence-electron chi connectivity index (χ2n) is 6.29. The van der Waals surface area contributed by atoms with E-state index < -0.39 is 10.5 Å². The lowest BCUT2D eigenvalue weighted by Gasteiger charge is -2.37. The van der Waals surface area contributed by atoms with Crippen molar-refractivity contribution in [1.82, 2.24) is 5.32 Å². The van der Waals surface area contributed by atoms with E-state index in [1.54, 1.807) is 6.07 Å². The fourth-order valence-electron chi connectivity index (χ4n) is 3.09. The highest BCUT2D eigenvalue weighted by atomic mass is 16.6. The number of nitrogens with two attached hydrogens (primary N) is 1. The standard InChI is InChI=1S/C16H23N3O4/c1-16(17)8-4-3-5-12(16)15(20)18-10-11-6-7-14(23-2)13(9-11)19(21)22/h6-7,9,12H,3-5,8,10,17H2,1-2H3,(H,18,20). The molecular weight excluding hydrogens is 298 g/mol. The average molecular weight is 321 g/mol. The van der Waals surface area contributed by atoms with Gasteiger partial charge in [-0.25, -0.2) is 0 Å². The third-order valence-corrected chi connectivity index (χ3v) is 4.48. The van der Waals surface area contributed by atoms with Crippen molar-refractivity contribution in [2.24, 2.45) is 11.7 Å². The van der Waals surface area contributed by atoms with E-state index in [0.29, 0.717) is 5.56 Å². The maximum absolute atomic E-state index is 12.4. The second-order valence-corrected chi connectivity index (χ2v) is 6.29. The van der Waals surface area contributed by atoms with Crippen LogP contribution in [-0.4, -0.2) is 23.5 Å². The van der Waals surface area contributed by atoms with Crippen molar-refractivity contribution in [3.63, 3.8) is 0 Å². The van der Waals surface area contributed by atoms with Crippen LogP contribution in [0.25, 0.3) is 0 Å². The van der Waals surface area contributed by atoms with Gasteiger partial charge in [0, 0.05) is 18.2 Å². The molecule has 0 bridgehead atoms. The summed E-state index contributed by atoms with van der Waals surface area (Å²) < 4.78 is 4.96. The predicted octanol–water partition coefficient (Wildman–Crippen LogP) is 2.13. The van der Waals surface area contributed by atoms with Crippen molar-refractivity contribution in [1.29, 1.82) is 0 Å². The Hall–Kier alpha value is -2.15. The zero-order valence-electron chi connectivity index (χ0n) is 13.5. The number of hydrogen-bond acceptors (Lipinski definition) is 5. The van der Waals surface area contributed by atoms with Crippen LogP contribution in [0.1, 0.15) is 38.2 Å². The monoisotopic (exact) mass is 321 g/mol. The minimum absolute atomic E-state index is 0.0897. The van der Waals surface area contributed by atoms with Crippen molar-refractivity contribution in [2.75, 3.05) is 7.11 Å². The molecule has 2 unspecified atom stereocenters. The number of carbonyl (C=O) groups excluding carboxylic acids is 1. The number of ether oxygens (including phenoxy) is 1. The number of nitro groups is 1. The maximum atomic E-state index is 12.4. The van der Waals surface area contributed by atoms with Crippen molar-refractivity contribution < 1.29 is 14.5 Å². The number of rotatable bonds is 5. The molecule has 1 amide bonds. The van der Waals surface area contributed by atoms with Crippen LogP contribution >= 0.6 is 0 Å². The van der Waals surface area contributed by atoms with Crippen molar-refractivity contribution >= 4 is 11.6 Å². The quantitative estimate of drug-likeness (QED) is 0.638. The van der Waals surface area contributed by atoms with Gasteiger partial charge < -0.3 is 15.8 Å². The maximum Gasteiger partial charge on any atom is 0.311 e. The van der Waals surface area contributed by atoms with Gasteiger partial charge in [-0.3, -0.25) is 14.9 Å². The molecule has 0 spiro atoms. The van der Waals surface area contributed by atoms with Gasteiger partial charge in [-0.05, 0) is 31.4 Å². The van der Waals surface area contributed by atoms with Crippen LogP contribution in [0, 0.1) is 16.0 Å². The topological polar surface area (TPSA) is 107 Å². The van der Waals surface area contributed by atoms with Crippen molar-refractivity contribution in [3.8, 4) is 5.75 Å². The molecule has 1 aromatic rings. The molecule has 23 heavy (non-hydrogen) atoms. The molecule has 2 atom stereocenters. The van der Waals surface area contributed by atoms with E-state index in [9.17, 15) is 14.9 Å². The molecule has 0 heterocycles. The first-order valence-corrected chi connectivity index (χ1v) is 7.73. The van der Waals surface area contributed by atoms with Crippen LogP contribution in [0.2, 0.25) is 0 Å². The Morgan fingerprint density at radius 2 is 2.26 bits per heavy atom. The molecule has 1 saturated carbocycles. The van der Waals surface area contributed by atoms with Gasteiger partial charge in [0.05, 0.1) is 18.0 Å². The van der Waals surface area contributed by atoms with Crippen LogP contribution < -0.4 is 15.8 Å². The molecule has 7 nitrogen and oxygen atoms in total. The highest BCUT2D eigenvalue weighted by molar-refractivity contribution is 5.80. The summed E-state index contributed by atoms with van der Waals surface area (Å²) in [7, 11) is 1.38. The highest BCUT2D eigenvalue weighted by Gasteiger charge is 2.37. The Morgan fingerprint density at radius 3 is 2.87 bits per heavy atom. The van der Waals surface area contributed by atoms with E-state index in [0.717, 1.165) is 25.7 Å². The van der Waals surface area contributed by atoms with Crippen molar-refractivity contribution in [2.45, 2.75) is 44.7 Å². The summed E-state index contributed by atoms with van der Waals surface area (Å²) in [4.78, 5) is 22.9. The first-order chi connectivity index (χ1) is 10.8. The molecule has 1 aromatic carbocycles. The van der Waals surface area contributed by atoms with Crippen LogP contribution in [0.3, 0.4) is 0 Å². The normalized spacial score (nSPS) is 24.0. The van der Waals surface area contributed by atoms with Gasteiger partial charge >= 0.3 is 5.69 Å². The van der Waals surface area contributed by atoms with Gasteiger partial charge in [-0.15, -0.1) is 0 Å². The summed E-state index contributed by atoms with van der Waals surface area (Å²) in [6.07, 6.45) is 3.65. The first kappa shape index (κ1) is 17.2. The number of methoxy groups -OCH3 is 1. The largest absolute Gasteiger partial charge is 0.490 e. The Bertz CT molecular complexity index is 601. The van der Waals surface area contributed by atoms with Gasteiger partial charge in [0.25, 0.3) is 0 Å². The summed E-state index contributed by atoms with van der Waals surface area (Å²) in [5, 5.41) is 13.9. The summed E-state index contributed by atoms with van der Waals surface area (Å²) >= 11 is 0. The number of hydrogen-bond donors (Lipinski definition) is 2. The molecule has 0 saturated heterocycles. The molecule has 1 fully saturated rings. The van der Waals surface area contributed by atoms with Crippen LogP contribution in [0.4, 0.5) is 5.69 Å². The molecule has 126 valence electrons. The van der Waals surface area contributed by atoms with E-state index in [2.05, 4.69) is 5.32 Å². The Balaban J connectivity index is 2.04. The molecule has 7 heteroatoms. The number of nitro benzene ring substituents is 1. The number of benzene rings is 1. The minimum atomic E-state index is -0.498. The van der Waals surface area contributed by atoms with Gasteiger partial charge in [0.1, 0.15) is 0 Å². The predicted molar refractivity (Wildman–Crippen MR) is 86.0 cm³/mol. The average Bonchev–Trinajstić information content (AvgIpc) is 2.51. The minimum Gasteiger partial charge on any atom is -0.490 e. The third-order valence-electron chi connectivity index (χ3n) is 4.48. The lowest BCUT2D eigenvalue weighted by Crippen LogP contribution is -2.52. The van der Waals surface area contributed by atoms with E-state index in [1.165, 1.54) is 19.2 Å². The van der Waals surface area contributed by atoms with Crippen molar-refractivity contribution in [3.05, 3.63) is 33.9 Å². The summed E-state index contributed by atoms with van der Waals surface area (Å²) in [6, 6.07) is 4.66. The van der Waals surface area contributed by atoms with Crippen LogP contribution in [-0.2, 0) is 11.3 Å². The SMILES string of the molecule is COc1ccc(CNC(=O)C2CCCCC2(C)N)cc1[N+](=O)[O-]. The van der Waals surface area contributed by atoms with Gasteiger partial charge in [0.2, 0.25) is 5.91 Å². The molecule has 0 aromatic heterocycles. The summed E-state index contributed by atoms with van der Waals surface area (Å²) in [6.45, 7) is 2.14. The lowest BCUT2D eigenvalue weighted by molar-refractivity contribution is -0.385. The van der Waals surface area contributed by atoms with Gasteiger partial charge in [-0.1, -0.05) is 18.9 Å². The molecule has 1 aliphatic rings. The first-order valence-electron chi connectivity index (χ1n) is 7.73. The molecule has 0 aliphatic heterocycles. The second kappa shape index (κ2) is 6.95. The van der Waals surface area contributed by atoms with E-state index in [4.69, 9.17) is 10.5 Å². The van der Waals surface area contributed by atoms with E-state index >= 15 is 0 Å². The van der Waals surface area contributed by atoms with Crippen LogP contribution in [0.5, 0.6) is 5.75 Å². The Morgan fingerprint density at radius 1 is 1.52 bits per heavy atom. The zero-order chi connectivity index (χ0) is 17.0. The Labute approximate surface area is 135 Å². The fourth-order valence-corrected chi connectivity index (χ4v) is 3.09. The Kier molecular flexibility index (Phi) is 5.20. The number of carbonyl (C=O) groups is 1. The number of amides is 1. The smallest absolute Gasteiger partial charge is 0.311 e. The van der Waals surface area contributed by atoms with E-state index in [-0.39, 0.29) is 29.8 Å².